The molecule has 0 aromatic heterocycles. The molecule has 0 aromatic rings. The predicted octanol–water partition coefficient (Wildman–Crippen LogP) is 0.567. The smallest absolute Gasteiger partial charge is 0.221 e. The number of terminal acetylenes is 1. The van der Waals surface area contributed by atoms with Gasteiger partial charge in [-0.2, -0.15) is 0 Å². The van der Waals surface area contributed by atoms with E-state index in [0.717, 1.165) is 0 Å². The summed E-state index contributed by atoms with van der Waals surface area (Å²) in [6, 6.07) is 0. The summed E-state index contributed by atoms with van der Waals surface area (Å²) in [5.41, 5.74) is 5.16. The van der Waals surface area contributed by atoms with Gasteiger partial charge in [0.05, 0.1) is 5.57 Å². The number of carbonyl (C=O) groups excluding carboxylic acids is 2. The van der Waals surface area contributed by atoms with Crippen molar-refractivity contribution in [2.24, 2.45) is 5.73 Å². The molecule has 3 heteroatoms. The van der Waals surface area contributed by atoms with Crippen molar-refractivity contribution in [1.82, 2.24) is 0 Å². The van der Waals surface area contributed by atoms with Crippen molar-refractivity contribution in [3.8, 4) is 12.3 Å². The molecule has 0 bridgehead atoms. The van der Waals surface area contributed by atoms with Gasteiger partial charge in [-0.1, -0.05) is 18.1 Å². The second-order valence-corrected chi connectivity index (χ2v) is 2.38. The monoisotopic (exact) mass is 177 g/mol. The van der Waals surface area contributed by atoms with Crippen LogP contribution in [0.1, 0.15) is 13.3 Å². The molecule has 68 valence electrons. The molecule has 3 nitrogen and oxygen atoms in total. The van der Waals surface area contributed by atoms with Gasteiger partial charge < -0.3 is 5.73 Å². The van der Waals surface area contributed by atoms with Crippen LogP contribution in [0.5, 0.6) is 0 Å². The highest BCUT2D eigenvalue weighted by Gasteiger charge is 1.95. The summed E-state index contributed by atoms with van der Waals surface area (Å²) in [6.45, 7) is 1.38. The lowest BCUT2D eigenvalue weighted by Crippen LogP contribution is -2.07. The fraction of sp³-hybridized carbons (Fsp3) is 0.200. The Bertz CT molecular complexity index is 305. The van der Waals surface area contributed by atoms with Gasteiger partial charge in [-0.15, -0.1) is 6.42 Å². The van der Waals surface area contributed by atoms with Gasteiger partial charge in [0, 0.05) is 6.42 Å². The largest absolute Gasteiger partial charge is 0.369 e. The summed E-state index contributed by atoms with van der Waals surface area (Å²) in [7, 11) is 0. The minimum absolute atomic E-state index is 0.145. The molecule has 13 heavy (non-hydrogen) atoms. The molecule has 0 fully saturated rings. The number of ketones is 1. The molecule has 0 aliphatic heterocycles. The number of rotatable bonds is 4. The molecule has 0 unspecified atom stereocenters. The van der Waals surface area contributed by atoms with E-state index in [-0.39, 0.29) is 17.8 Å². The summed E-state index contributed by atoms with van der Waals surface area (Å²) in [5, 5.41) is 0. The fourth-order valence-electron chi connectivity index (χ4n) is 0.616. The van der Waals surface area contributed by atoms with E-state index in [1.807, 2.05) is 0 Å². The predicted molar refractivity (Wildman–Crippen MR) is 50.5 cm³/mol. The molecule has 0 saturated carbocycles. The molecule has 1 amide bonds. The Labute approximate surface area is 77.3 Å². The zero-order valence-corrected chi connectivity index (χ0v) is 7.41. The highest BCUT2D eigenvalue weighted by Crippen LogP contribution is 1.94. The third-order valence-corrected chi connectivity index (χ3v) is 1.25. The van der Waals surface area contributed by atoms with Gasteiger partial charge in [-0.05, 0) is 13.0 Å². The van der Waals surface area contributed by atoms with E-state index < -0.39 is 5.91 Å². The van der Waals surface area contributed by atoms with Crippen LogP contribution in [0.4, 0.5) is 0 Å². The molecule has 0 spiro atoms. The number of allylic oxidation sites excluding steroid dienone is 3. The summed E-state index contributed by atoms with van der Waals surface area (Å²) in [6.07, 6.45) is 9.76. The maximum absolute atomic E-state index is 10.8. The molecular weight excluding hydrogens is 166 g/mol. The molecule has 0 heterocycles. The summed E-state index contributed by atoms with van der Waals surface area (Å²) >= 11 is 0. The SMILES string of the molecule is C#C/C(=C\C=C/CC(N)=O)C(C)=O. The molecule has 0 radical (unpaired) electrons. The second-order valence-electron chi connectivity index (χ2n) is 2.38. The van der Waals surface area contributed by atoms with Crippen LogP contribution >= 0.6 is 0 Å². The minimum Gasteiger partial charge on any atom is -0.369 e. The third kappa shape index (κ3) is 5.45. The van der Waals surface area contributed by atoms with Crippen molar-refractivity contribution < 1.29 is 9.59 Å². The molecule has 0 aromatic carbocycles. The highest BCUT2D eigenvalue weighted by atomic mass is 16.1. The van der Waals surface area contributed by atoms with Crippen LogP contribution < -0.4 is 5.73 Å². The maximum atomic E-state index is 10.8. The average Bonchev–Trinajstić information content (AvgIpc) is 2.03. The van der Waals surface area contributed by atoms with Crippen LogP contribution in [0.3, 0.4) is 0 Å². The van der Waals surface area contributed by atoms with E-state index in [0.29, 0.717) is 0 Å². The third-order valence-electron chi connectivity index (χ3n) is 1.25. The topological polar surface area (TPSA) is 60.2 Å². The van der Waals surface area contributed by atoms with Gasteiger partial charge in [0.1, 0.15) is 0 Å². The van der Waals surface area contributed by atoms with Crippen LogP contribution in [-0.2, 0) is 9.59 Å². The van der Waals surface area contributed by atoms with Crippen LogP contribution in [0.2, 0.25) is 0 Å². The molecular formula is C10H11NO2. The van der Waals surface area contributed by atoms with Crippen LogP contribution in [0.25, 0.3) is 0 Å². The van der Waals surface area contributed by atoms with Gasteiger partial charge in [-0.3, -0.25) is 9.59 Å². The standard InChI is InChI=1S/C10H11NO2/c1-3-9(8(2)12)6-4-5-7-10(11)13/h1,4-6H,7H2,2H3,(H2,11,13)/b5-4-,9-6+. The normalized spacial score (nSPS) is 11.2. The maximum Gasteiger partial charge on any atom is 0.221 e. The Morgan fingerprint density at radius 2 is 2.15 bits per heavy atom. The van der Waals surface area contributed by atoms with E-state index in [4.69, 9.17) is 12.2 Å². The Hall–Kier alpha value is -1.82. The quantitative estimate of drug-likeness (QED) is 0.387. The van der Waals surface area contributed by atoms with Gasteiger partial charge in [-0.25, -0.2) is 0 Å². The Kier molecular flexibility index (Phi) is 4.97. The first-order valence-corrected chi connectivity index (χ1v) is 3.70. The number of hydrogen-bond acceptors (Lipinski definition) is 2. The van der Waals surface area contributed by atoms with Crippen molar-refractivity contribution in [1.29, 1.82) is 0 Å². The number of primary amides is 1. The van der Waals surface area contributed by atoms with Crippen molar-refractivity contribution in [2.45, 2.75) is 13.3 Å². The molecule has 0 rings (SSSR count). The van der Waals surface area contributed by atoms with E-state index in [1.165, 1.54) is 13.0 Å². The van der Waals surface area contributed by atoms with Gasteiger partial charge >= 0.3 is 0 Å². The zero-order valence-electron chi connectivity index (χ0n) is 7.41. The fourth-order valence-corrected chi connectivity index (χ4v) is 0.616. The van der Waals surface area contributed by atoms with E-state index in [9.17, 15) is 9.59 Å². The first kappa shape index (κ1) is 11.2. The summed E-state index contributed by atoms with van der Waals surface area (Å²) in [4.78, 5) is 21.1. The van der Waals surface area contributed by atoms with E-state index in [2.05, 4.69) is 5.92 Å². The molecule has 0 aliphatic rings. The number of amides is 1. The number of nitrogens with two attached hydrogens (primary N) is 1. The number of carbonyl (C=O) groups is 2. The Balaban J connectivity index is 4.25. The molecule has 0 atom stereocenters. The summed E-state index contributed by atoms with van der Waals surface area (Å²) < 4.78 is 0. The number of Topliss-reactive ketones (excluding diaryl/α,β-unsaturated/α-hetero) is 1. The van der Waals surface area contributed by atoms with Crippen molar-refractivity contribution >= 4 is 11.7 Å². The Morgan fingerprint density at radius 1 is 1.54 bits per heavy atom. The van der Waals surface area contributed by atoms with E-state index in [1.54, 1.807) is 12.2 Å². The van der Waals surface area contributed by atoms with Crippen LogP contribution in [0, 0.1) is 12.3 Å². The lowest BCUT2D eigenvalue weighted by Gasteiger charge is -1.88. The second kappa shape index (κ2) is 5.78. The average molecular weight is 177 g/mol. The molecule has 2 N–H and O–H groups in total. The lowest BCUT2D eigenvalue weighted by molar-refractivity contribution is -0.117. The first-order valence-electron chi connectivity index (χ1n) is 3.70. The van der Waals surface area contributed by atoms with Gasteiger partial charge in [0.2, 0.25) is 5.91 Å². The number of hydrogen-bond donors (Lipinski definition) is 1. The lowest BCUT2D eigenvalue weighted by atomic mass is 10.2. The van der Waals surface area contributed by atoms with Crippen molar-refractivity contribution in [3.05, 3.63) is 23.8 Å². The van der Waals surface area contributed by atoms with Gasteiger partial charge in [0.15, 0.2) is 5.78 Å². The van der Waals surface area contributed by atoms with Crippen LogP contribution in [0.15, 0.2) is 23.8 Å². The van der Waals surface area contributed by atoms with E-state index >= 15 is 0 Å². The Morgan fingerprint density at radius 3 is 2.54 bits per heavy atom. The van der Waals surface area contributed by atoms with Crippen molar-refractivity contribution in [3.63, 3.8) is 0 Å². The minimum atomic E-state index is -0.422. The van der Waals surface area contributed by atoms with Gasteiger partial charge in [0.25, 0.3) is 0 Å². The van der Waals surface area contributed by atoms with Crippen molar-refractivity contribution in [2.75, 3.05) is 0 Å². The van der Waals surface area contributed by atoms with Crippen LogP contribution in [-0.4, -0.2) is 11.7 Å². The molecule has 0 aliphatic carbocycles. The summed E-state index contributed by atoms with van der Waals surface area (Å²) in [5.74, 6) is 1.64. The first-order chi connectivity index (χ1) is 6.07. The highest BCUT2D eigenvalue weighted by molar-refractivity contribution is 5.97. The zero-order chi connectivity index (χ0) is 10.3. The molecule has 0 saturated heterocycles.